The standard InChI is InChI=1S/C29H33N3O7S/c1-6-21(25(33)31-26-22(27(34)37-5)16(4)24(40-26)29(36)38-8-3)39-28(35)23-17-11-9-10-12-19(17)30-20-13-14-32(7-2)15-18(20)23/h9-12,21H,6-8,13-15H2,1-5H3,(H,31,33). The zero-order valence-electron chi connectivity index (χ0n) is 23.3. The molecule has 1 aliphatic heterocycles. The molecule has 40 heavy (non-hydrogen) atoms. The maximum absolute atomic E-state index is 13.7. The molecule has 3 heterocycles. The highest BCUT2D eigenvalue weighted by molar-refractivity contribution is 7.18. The number of aromatic nitrogens is 1. The van der Waals surface area contributed by atoms with Crippen molar-refractivity contribution < 1.29 is 33.4 Å². The van der Waals surface area contributed by atoms with E-state index in [1.54, 1.807) is 20.8 Å². The molecule has 11 heteroatoms. The zero-order valence-corrected chi connectivity index (χ0v) is 24.1. The van der Waals surface area contributed by atoms with Crippen LogP contribution in [0, 0.1) is 6.92 Å². The Morgan fingerprint density at radius 2 is 1.82 bits per heavy atom. The second kappa shape index (κ2) is 12.6. The summed E-state index contributed by atoms with van der Waals surface area (Å²) in [6.07, 6.45) is -0.255. The van der Waals surface area contributed by atoms with Gasteiger partial charge in [0.05, 0.1) is 30.4 Å². The van der Waals surface area contributed by atoms with Crippen molar-refractivity contribution in [1.29, 1.82) is 0 Å². The number of ether oxygens (including phenoxy) is 3. The minimum absolute atomic E-state index is 0.0546. The fourth-order valence-electron chi connectivity index (χ4n) is 4.79. The van der Waals surface area contributed by atoms with Crippen molar-refractivity contribution in [3.8, 4) is 0 Å². The van der Waals surface area contributed by atoms with Gasteiger partial charge in [0.15, 0.2) is 6.10 Å². The molecule has 1 aromatic carbocycles. The topological polar surface area (TPSA) is 124 Å². The number of nitrogens with one attached hydrogen (secondary N) is 1. The number of pyridine rings is 1. The summed E-state index contributed by atoms with van der Waals surface area (Å²) in [5.74, 6) is -2.55. The third-order valence-corrected chi connectivity index (χ3v) is 8.11. The van der Waals surface area contributed by atoms with Crippen molar-refractivity contribution in [2.24, 2.45) is 0 Å². The van der Waals surface area contributed by atoms with Crippen molar-refractivity contribution in [3.05, 3.63) is 57.1 Å². The number of methoxy groups -OCH3 is 1. The second-order valence-electron chi connectivity index (χ2n) is 9.31. The van der Waals surface area contributed by atoms with Gasteiger partial charge in [-0.3, -0.25) is 14.7 Å². The van der Waals surface area contributed by atoms with Crippen LogP contribution in [0.3, 0.4) is 0 Å². The molecule has 0 fully saturated rings. The number of fused-ring (bicyclic) bond motifs is 2. The number of carbonyl (C=O) groups excluding carboxylic acids is 4. The lowest BCUT2D eigenvalue weighted by Crippen LogP contribution is -2.35. The Morgan fingerprint density at radius 3 is 2.50 bits per heavy atom. The Kier molecular flexibility index (Phi) is 9.16. The second-order valence-corrected chi connectivity index (χ2v) is 10.3. The number of amides is 1. The molecule has 10 nitrogen and oxygen atoms in total. The third-order valence-electron chi connectivity index (χ3n) is 6.92. The van der Waals surface area contributed by atoms with Crippen LogP contribution in [0.5, 0.6) is 0 Å². The Bertz CT molecular complexity index is 1470. The molecular formula is C29H33N3O7S. The molecule has 1 amide bonds. The summed E-state index contributed by atoms with van der Waals surface area (Å²) >= 11 is 0.911. The molecule has 0 saturated heterocycles. The predicted molar refractivity (Wildman–Crippen MR) is 151 cm³/mol. The van der Waals surface area contributed by atoms with Gasteiger partial charge in [-0.15, -0.1) is 11.3 Å². The molecule has 1 aliphatic rings. The van der Waals surface area contributed by atoms with E-state index in [1.807, 2.05) is 24.3 Å². The van der Waals surface area contributed by atoms with Gasteiger partial charge in [0, 0.05) is 36.2 Å². The summed E-state index contributed by atoms with van der Waals surface area (Å²) in [7, 11) is 1.21. The molecular weight excluding hydrogens is 534 g/mol. The summed E-state index contributed by atoms with van der Waals surface area (Å²) in [6, 6.07) is 7.40. The van der Waals surface area contributed by atoms with E-state index in [-0.39, 0.29) is 28.5 Å². The third kappa shape index (κ3) is 5.71. The number of anilines is 1. The first-order valence-electron chi connectivity index (χ1n) is 13.3. The van der Waals surface area contributed by atoms with Crippen molar-refractivity contribution in [1.82, 2.24) is 9.88 Å². The van der Waals surface area contributed by atoms with Crippen molar-refractivity contribution in [2.75, 3.05) is 32.1 Å². The van der Waals surface area contributed by atoms with E-state index >= 15 is 0 Å². The van der Waals surface area contributed by atoms with Crippen LogP contribution in [0.25, 0.3) is 10.9 Å². The average Bonchev–Trinajstić information content (AvgIpc) is 3.28. The van der Waals surface area contributed by atoms with E-state index in [0.717, 1.165) is 35.7 Å². The predicted octanol–water partition coefficient (Wildman–Crippen LogP) is 4.52. The summed E-state index contributed by atoms with van der Waals surface area (Å²) < 4.78 is 15.8. The maximum Gasteiger partial charge on any atom is 0.348 e. The quantitative estimate of drug-likeness (QED) is 0.294. The number of thiophene rings is 1. The van der Waals surface area contributed by atoms with E-state index < -0.39 is 29.9 Å². The van der Waals surface area contributed by atoms with Gasteiger partial charge in [0.1, 0.15) is 9.88 Å². The molecule has 1 unspecified atom stereocenters. The number of hydrogen-bond acceptors (Lipinski definition) is 10. The fourth-order valence-corrected chi connectivity index (χ4v) is 5.88. The van der Waals surface area contributed by atoms with Crippen LogP contribution in [-0.4, -0.2) is 66.6 Å². The number of para-hydroxylation sites is 1. The highest BCUT2D eigenvalue weighted by atomic mass is 32.1. The van der Waals surface area contributed by atoms with E-state index in [4.69, 9.17) is 19.2 Å². The van der Waals surface area contributed by atoms with Crippen LogP contribution in [-0.2, 0) is 32.0 Å². The Balaban J connectivity index is 1.65. The molecule has 1 atom stereocenters. The lowest BCUT2D eigenvalue weighted by atomic mass is 9.95. The molecule has 212 valence electrons. The Labute approximate surface area is 236 Å². The number of likely N-dealkylation sites (N-methyl/N-ethyl adjacent to an activating group) is 1. The largest absolute Gasteiger partial charge is 0.465 e. The zero-order chi connectivity index (χ0) is 29.0. The lowest BCUT2D eigenvalue weighted by molar-refractivity contribution is -0.124. The summed E-state index contributed by atoms with van der Waals surface area (Å²) in [5.41, 5.74) is 3.17. The first-order valence-corrected chi connectivity index (χ1v) is 14.1. The van der Waals surface area contributed by atoms with Crippen molar-refractivity contribution in [2.45, 2.75) is 53.2 Å². The van der Waals surface area contributed by atoms with Gasteiger partial charge in [0.2, 0.25) is 0 Å². The van der Waals surface area contributed by atoms with Gasteiger partial charge >= 0.3 is 17.9 Å². The molecule has 0 aliphatic carbocycles. The van der Waals surface area contributed by atoms with E-state index in [1.165, 1.54) is 7.11 Å². The number of esters is 3. The van der Waals surface area contributed by atoms with Crippen LogP contribution in [0.15, 0.2) is 24.3 Å². The number of carbonyl (C=O) groups is 4. The van der Waals surface area contributed by atoms with Crippen molar-refractivity contribution >= 4 is 51.1 Å². The van der Waals surface area contributed by atoms with Gasteiger partial charge in [-0.2, -0.15) is 0 Å². The fraction of sp³-hybridized carbons (Fsp3) is 0.414. The summed E-state index contributed by atoms with van der Waals surface area (Å²) in [4.78, 5) is 59.3. The first-order chi connectivity index (χ1) is 19.2. The molecule has 1 N–H and O–H groups in total. The normalized spacial score (nSPS) is 13.8. The average molecular weight is 568 g/mol. The monoisotopic (exact) mass is 567 g/mol. The number of benzene rings is 1. The lowest BCUT2D eigenvalue weighted by Gasteiger charge is -2.29. The smallest absolute Gasteiger partial charge is 0.348 e. The van der Waals surface area contributed by atoms with Gasteiger partial charge in [-0.1, -0.05) is 32.0 Å². The van der Waals surface area contributed by atoms with Crippen LogP contribution in [0.2, 0.25) is 0 Å². The van der Waals surface area contributed by atoms with E-state index in [0.29, 0.717) is 35.0 Å². The maximum atomic E-state index is 13.7. The van der Waals surface area contributed by atoms with Crippen molar-refractivity contribution in [3.63, 3.8) is 0 Å². The molecule has 0 bridgehead atoms. The van der Waals surface area contributed by atoms with Crippen LogP contribution >= 0.6 is 11.3 Å². The molecule has 2 aromatic heterocycles. The van der Waals surface area contributed by atoms with Gasteiger partial charge in [-0.05, 0) is 38.4 Å². The van der Waals surface area contributed by atoms with Gasteiger partial charge in [-0.25, -0.2) is 14.4 Å². The minimum Gasteiger partial charge on any atom is -0.465 e. The SMILES string of the molecule is CCOC(=O)c1sc(NC(=O)C(CC)OC(=O)c2c3c(nc4ccccc24)CCN(CC)C3)c(C(=O)OC)c1C. The molecule has 0 saturated carbocycles. The molecule has 3 aromatic rings. The highest BCUT2D eigenvalue weighted by Gasteiger charge is 2.32. The Morgan fingerprint density at radius 1 is 1.07 bits per heavy atom. The Hall–Kier alpha value is -3.83. The van der Waals surface area contributed by atoms with Crippen LogP contribution in [0.1, 0.15) is 74.4 Å². The van der Waals surface area contributed by atoms with E-state index in [9.17, 15) is 19.2 Å². The number of hydrogen-bond donors (Lipinski definition) is 1. The number of nitrogens with zero attached hydrogens (tertiary/aromatic N) is 2. The molecule has 0 radical (unpaired) electrons. The first kappa shape index (κ1) is 29.2. The van der Waals surface area contributed by atoms with Gasteiger partial charge < -0.3 is 19.5 Å². The summed E-state index contributed by atoms with van der Waals surface area (Å²) in [5, 5.41) is 3.47. The highest BCUT2D eigenvalue weighted by Crippen LogP contribution is 2.35. The molecule has 0 spiro atoms. The number of rotatable bonds is 9. The molecule has 4 rings (SSSR count). The summed E-state index contributed by atoms with van der Waals surface area (Å²) in [6.45, 7) is 9.44. The minimum atomic E-state index is -1.15. The van der Waals surface area contributed by atoms with Crippen LogP contribution in [0.4, 0.5) is 5.00 Å². The van der Waals surface area contributed by atoms with Gasteiger partial charge in [0.25, 0.3) is 5.91 Å². The van der Waals surface area contributed by atoms with Crippen LogP contribution < -0.4 is 5.32 Å². The van der Waals surface area contributed by atoms with E-state index in [2.05, 4.69) is 17.1 Å².